The largest absolute Gasteiger partial charge is 0.466 e. The molecule has 1 aromatic carbocycles. The summed E-state index contributed by atoms with van der Waals surface area (Å²) in [5.74, 6) is 0.577. The average molecular weight is 230 g/mol. The molecule has 0 radical (unpaired) electrons. The minimum Gasteiger partial charge on any atom is -0.466 e. The van der Waals surface area contributed by atoms with Crippen molar-refractivity contribution in [2.75, 3.05) is 0 Å². The summed E-state index contributed by atoms with van der Waals surface area (Å²) in [6.45, 7) is 6.51. The molecule has 0 fully saturated rings. The lowest BCUT2D eigenvalue weighted by Crippen LogP contribution is -2.11. The summed E-state index contributed by atoms with van der Waals surface area (Å²) in [5, 5.41) is 10.1. The van der Waals surface area contributed by atoms with Crippen LogP contribution in [0.4, 0.5) is 0 Å². The van der Waals surface area contributed by atoms with Gasteiger partial charge in [0.25, 0.3) is 0 Å². The van der Waals surface area contributed by atoms with Gasteiger partial charge in [-0.1, -0.05) is 45.0 Å². The maximum Gasteiger partial charge on any atom is 0.137 e. The minimum absolute atomic E-state index is 0.133. The highest BCUT2D eigenvalue weighted by Gasteiger charge is 2.16. The molecule has 0 aliphatic carbocycles. The van der Waals surface area contributed by atoms with Gasteiger partial charge in [-0.3, -0.25) is 0 Å². The molecule has 0 amide bonds. The molecule has 2 rings (SSSR count). The molecule has 0 saturated carbocycles. The number of hydrogen-bond acceptors (Lipinski definition) is 2. The van der Waals surface area contributed by atoms with Gasteiger partial charge in [-0.25, -0.2) is 0 Å². The zero-order chi connectivity index (χ0) is 12.5. The van der Waals surface area contributed by atoms with Gasteiger partial charge >= 0.3 is 0 Å². The molecule has 0 aliphatic heterocycles. The Morgan fingerprint density at radius 3 is 2.18 bits per heavy atom. The second-order valence-electron chi connectivity index (χ2n) is 5.29. The Bertz CT molecular complexity index is 461. The van der Waals surface area contributed by atoms with Crippen LogP contribution in [0.25, 0.3) is 0 Å². The van der Waals surface area contributed by atoms with E-state index in [1.165, 1.54) is 5.56 Å². The summed E-state index contributed by atoms with van der Waals surface area (Å²) < 4.78 is 5.20. The molecule has 0 bridgehead atoms. The van der Waals surface area contributed by atoms with Gasteiger partial charge in [0.1, 0.15) is 11.9 Å². The Morgan fingerprint density at radius 2 is 1.71 bits per heavy atom. The summed E-state index contributed by atoms with van der Waals surface area (Å²) in [5.41, 5.74) is 2.24. The molecule has 2 heteroatoms. The van der Waals surface area contributed by atoms with Crippen molar-refractivity contribution in [1.82, 2.24) is 0 Å². The van der Waals surface area contributed by atoms with E-state index in [9.17, 15) is 5.11 Å². The lowest BCUT2D eigenvalue weighted by atomic mass is 9.86. The van der Waals surface area contributed by atoms with Crippen molar-refractivity contribution in [3.8, 4) is 0 Å². The first kappa shape index (κ1) is 11.9. The number of furan rings is 1. The first-order chi connectivity index (χ1) is 7.98. The molecule has 17 heavy (non-hydrogen) atoms. The van der Waals surface area contributed by atoms with E-state index in [1.807, 2.05) is 12.1 Å². The molecule has 0 saturated heterocycles. The highest BCUT2D eigenvalue weighted by Crippen LogP contribution is 2.26. The summed E-state index contributed by atoms with van der Waals surface area (Å²) in [4.78, 5) is 0. The second-order valence-corrected chi connectivity index (χ2v) is 5.29. The molecule has 1 atom stereocenters. The maximum absolute atomic E-state index is 10.1. The minimum atomic E-state index is -0.681. The Morgan fingerprint density at radius 1 is 1.06 bits per heavy atom. The Labute approximate surface area is 102 Å². The SMILES string of the molecule is CC(C)(C)c1ccc(C(O)c2ccco2)cc1. The highest BCUT2D eigenvalue weighted by atomic mass is 16.4. The van der Waals surface area contributed by atoms with E-state index in [0.29, 0.717) is 5.76 Å². The molecule has 90 valence electrons. The predicted octanol–water partition coefficient (Wildman–Crippen LogP) is 3.66. The van der Waals surface area contributed by atoms with Crippen molar-refractivity contribution in [2.45, 2.75) is 32.3 Å². The maximum atomic E-state index is 10.1. The molecule has 1 N–H and O–H groups in total. The summed E-state index contributed by atoms with van der Waals surface area (Å²) in [7, 11) is 0. The lowest BCUT2D eigenvalue weighted by Gasteiger charge is -2.19. The average Bonchev–Trinajstić information content (AvgIpc) is 2.80. The quantitative estimate of drug-likeness (QED) is 0.854. The van der Waals surface area contributed by atoms with E-state index < -0.39 is 6.10 Å². The van der Waals surface area contributed by atoms with Crippen LogP contribution in [0, 0.1) is 0 Å². The van der Waals surface area contributed by atoms with Crippen molar-refractivity contribution >= 4 is 0 Å². The number of rotatable bonds is 2. The van der Waals surface area contributed by atoms with Crippen LogP contribution in [0.5, 0.6) is 0 Å². The van der Waals surface area contributed by atoms with Crippen LogP contribution in [0.3, 0.4) is 0 Å². The first-order valence-electron chi connectivity index (χ1n) is 5.80. The Hall–Kier alpha value is -1.54. The monoisotopic (exact) mass is 230 g/mol. The van der Waals surface area contributed by atoms with E-state index in [2.05, 4.69) is 32.9 Å². The van der Waals surface area contributed by atoms with Crippen molar-refractivity contribution in [3.05, 3.63) is 59.5 Å². The normalized spacial score (nSPS) is 13.6. The van der Waals surface area contributed by atoms with Gasteiger partial charge in [0, 0.05) is 0 Å². The van der Waals surface area contributed by atoms with Gasteiger partial charge in [-0.15, -0.1) is 0 Å². The smallest absolute Gasteiger partial charge is 0.137 e. The van der Waals surface area contributed by atoms with Gasteiger partial charge in [-0.05, 0) is 28.7 Å². The number of aliphatic hydroxyl groups is 1. The van der Waals surface area contributed by atoms with Crippen molar-refractivity contribution < 1.29 is 9.52 Å². The molecule has 2 aromatic rings. The Balaban J connectivity index is 2.24. The van der Waals surface area contributed by atoms with Crippen LogP contribution in [0.1, 0.15) is 43.8 Å². The van der Waals surface area contributed by atoms with E-state index >= 15 is 0 Å². The topological polar surface area (TPSA) is 33.4 Å². The van der Waals surface area contributed by atoms with Crippen LogP contribution in [-0.4, -0.2) is 5.11 Å². The van der Waals surface area contributed by atoms with Crippen LogP contribution in [0.2, 0.25) is 0 Å². The molecular formula is C15H18O2. The summed E-state index contributed by atoms with van der Waals surface area (Å²) in [6, 6.07) is 11.6. The van der Waals surface area contributed by atoms with E-state index in [1.54, 1.807) is 18.4 Å². The number of hydrogen-bond donors (Lipinski definition) is 1. The van der Waals surface area contributed by atoms with Crippen molar-refractivity contribution in [2.24, 2.45) is 0 Å². The third kappa shape index (κ3) is 2.59. The van der Waals surface area contributed by atoms with Gasteiger partial charge in [0.05, 0.1) is 6.26 Å². The zero-order valence-corrected chi connectivity index (χ0v) is 10.5. The third-order valence-corrected chi connectivity index (χ3v) is 2.91. The van der Waals surface area contributed by atoms with Crippen LogP contribution in [0.15, 0.2) is 47.1 Å². The fourth-order valence-electron chi connectivity index (χ4n) is 1.78. The molecule has 1 unspecified atom stereocenters. The zero-order valence-electron chi connectivity index (χ0n) is 10.5. The molecule has 2 nitrogen and oxygen atoms in total. The van der Waals surface area contributed by atoms with Gasteiger partial charge in [0.2, 0.25) is 0 Å². The lowest BCUT2D eigenvalue weighted by molar-refractivity contribution is 0.189. The first-order valence-corrected chi connectivity index (χ1v) is 5.80. The number of aliphatic hydroxyl groups excluding tert-OH is 1. The summed E-state index contributed by atoms with van der Waals surface area (Å²) >= 11 is 0. The van der Waals surface area contributed by atoms with Crippen molar-refractivity contribution in [1.29, 1.82) is 0 Å². The van der Waals surface area contributed by atoms with Crippen molar-refractivity contribution in [3.63, 3.8) is 0 Å². The predicted molar refractivity (Wildman–Crippen MR) is 67.9 cm³/mol. The fraction of sp³-hybridized carbons (Fsp3) is 0.333. The van der Waals surface area contributed by atoms with E-state index in [0.717, 1.165) is 5.56 Å². The van der Waals surface area contributed by atoms with Crippen LogP contribution >= 0.6 is 0 Å². The Kier molecular flexibility index (Phi) is 3.07. The molecule has 1 heterocycles. The molecule has 0 aliphatic rings. The van der Waals surface area contributed by atoms with E-state index in [-0.39, 0.29) is 5.41 Å². The molecule has 0 spiro atoms. The van der Waals surface area contributed by atoms with Gasteiger partial charge in [-0.2, -0.15) is 0 Å². The van der Waals surface area contributed by atoms with Gasteiger partial charge < -0.3 is 9.52 Å². The number of benzene rings is 1. The second kappa shape index (κ2) is 4.38. The summed E-state index contributed by atoms with van der Waals surface area (Å²) in [6.07, 6.45) is 0.890. The van der Waals surface area contributed by atoms with Crippen LogP contribution in [-0.2, 0) is 5.41 Å². The highest BCUT2D eigenvalue weighted by molar-refractivity contribution is 5.31. The van der Waals surface area contributed by atoms with Gasteiger partial charge in [0.15, 0.2) is 0 Å². The fourth-order valence-corrected chi connectivity index (χ4v) is 1.78. The standard InChI is InChI=1S/C15H18O2/c1-15(2,3)12-8-6-11(7-9-12)14(16)13-5-4-10-17-13/h4-10,14,16H,1-3H3. The third-order valence-electron chi connectivity index (χ3n) is 2.91. The molecular weight excluding hydrogens is 212 g/mol. The molecule has 1 aromatic heterocycles. The van der Waals surface area contributed by atoms with Crippen LogP contribution < -0.4 is 0 Å². The van der Waals surface area contributed by atoms with E-state index in [4.69, 9.17) is 4.42 Å².